The maximum absolute atomic E-state index is 13.1. The van der Waals surface area contributed by atoms with Gasteiger partial charge in [-0.2, -0.15) is 13.2 Å². The van der Waals surface area contributed by atoms with Gasteiger partial charge in [-0.25, -0.2) is 0 Å². The average molecular weight is 297 g/mol. The number of benzene rings is 2. The van der Waals surface area contributed by atoms with Gasteiger partial charge in [0.15, 0.2) is 0 Å². The summed E-state index contributed by atoms with van der Waals surface area (Å²) < 4.78 is 39.3. The molecule has 2 aromatic carbocycles. The van der Waals surface area contributed by atoms with E-state index in [9.17, 15) is 13.2 Å². The Bertz CT molecular complexity index is 583. The van der Waals surface area contributed by atoms with Gasteiger partial charge in [0.25, 0.3) is 0 Å². The molecule has 0 bridgehead atoms. The van der Waals surface area contributed by atoms with Crippen LogP contribution in [0.2, 0.25) is 5.02 Å². The summed E-state index contributed by atoms with van der Waals surface area (Å²) in [5.74, 6) is 0. The van der Waals surface area contributed by atoms with Gasteiger partial charge in [0, 0.05) is 5.02 Å². The van der Waals surface area contributed by atoms with E-state index < -0.39 is 11.7 Å². The van der Waals surface area contributed by atoms with Crippen LogP contribution in [-0.4, -0.2) is 6.18 Å². The van der Waals surface area contributed by atoms with Gasteiger partial charge in [0.1, 0.15) is 0 Å². The maximum atomic E-state index is 13.1. The SMILES string of the molecule is FC(F)(F)/C(=C/Cc1ccccc1)c1ccc(Cl)cc1. The molecule has 0 spiro atoms. The molecule has 20 heavy (non-hydrogen) atoms. The molecule has 0 saturated carbocycles. The second-order valence-electron chi connectivity index (χ2n) is 4.31. The van der Waals surface area contributed by atoms with Crippen molar-refractivity contribution in [3.05, 3.63) is 76.8 Å². The quantitative estimate of drug-likeness (QED) is 0.699. The lowest BCUT2D eigenvalue weighted by atomic mass is 10.0. The first-order valence-electron chi connectivity index (χ1n) is 6.04. The topological polar surface area (TPSA) is 0 Å². The first-order valence-corrected chi connectivity index (χ1v) is 6.42. The summed E-state index contributed by atoms with van der Waals surface area (Å²) in [4.78, 5) is 0. The normalized spacial score (nSPS) is 12.5. The van der Waals surface area contributed by atoms with E-state index in [2.05, 4.69) is 0 Å². The molecule has 0 nitrogen and oxygen atoms in total. The van der Waals surface area contributed by atoms with E-state index in [4.69, 9.17) is 11.6 Å². The number of hydrogen-bond donors (Lipinski definition) is 0. The lowest BCUT2D eigenvalue weighted by molar-refractivity contribution is -0.0690. The summed E-state index contributed by atoms with van der Waals surface area (Å²) >= 11 is 5.70. The molecule has 0 N–H and O–H groups in total. The molecular weight excluding hydrogens is 285 g/mol. The Kier molecular flexibility index (Phi) is 4.50. The van der Waals surface area contributed by atoms with Gasteiger partial charge in [-0.05, 0) is 29.7 Å². The molecule has 0 aromatic heterocycles. The van der Waals surface area contributed by atoms with E-state index in [-0.39, 0.29) is 12.0 Å². The van der Waals surface area contributed by atoms with Crippen molar-refractivity contribution in [1.82, 2.24) is 0 Å². The third kappa shape index (κ3) is 3.87. The molecule has 2 aromatic rings. The van der Waals surface area contributed by atoms with Gasteiger partial charge in [-0.1, -0.05) is 60.1 Å². The van der Waals surface area contributed by atoms with E-state index in [1.807, 2.05) is 6.07 Å². The van der Waals surface area contributed by atoms with Gasteiger partial charge in [-0.15, -0.1) is 0 Å². The summed E-state index contributed by atoms with van der Waals surface area (Å²) in [7, 11) is 0. The highest BCUT2D eigenvalue weighted by atomic mass is 35.5. The van der Waals surface area contributed by atoms with Crippen molar-refractivity contribution in [3.8, 4) is 0 Å². The first kappa shape index (κ1) is 14.7. The predicted molar refractivity (Wildman–Crippen MR) is 75.6 cm³/mol. The summed E-state index contributed by atoms with van der Waals surface area (Å²) in [5, 5.41) is 0.415. The third-order valence-corrected chi connectivity index (χ3v) is 3.10. The lowest BCUT2D eigenvalue weighted by Crippen LogP contribution is -2.11. The predicted octanol–water partition coefficient (Wildman–Crippen LogP) is 5.53. The van der Waals surface area contributed by atoms with Crippen LogP contribution in [-0.2, 0) is 6.42 Å². The molecule has 0 aliphatic heterocycles. The summed E-state index contributed by atoms with van der Waals surface area (Å²) in [6, 6.07) is 14.7. The molecule has 104 valence electrons. The largest absolute Gasteiger partial charge is 0.416 e. The minimum absolute atomic E-state index is 0.123. The van der Waals surface area contributed by atoms with Gasteiger partial charge >= 0.3 is 6.18 Å². The van der Waals surface area contributed by atoms with Crippen molar-refractivity contribution in [2.45, 2.75) is 12.6 Å². The van der Waals surface area contributed by atoms with Crippen LogP contribution < -0.4 is 0 Å². The van der Waals surface area contributed by atoms with Crippen LogP contribution >= 0.6 is 11.6 Å². The Balaban J connectivity index is 2.31. The van der Waals surface area contributed by atoms with E-state index in [0.29, 0.717) is 5.02 Å². The van der Waals surface area contributed by atoms with E-state index >= 15 is 0 Å². The van der Waals surface area contributed by atoms with Crippen molar-refractivity contribution < 1.29 is 13.2 Å². The second-order valence-corrected chi connectivity index (χ2v) is 4.75. The Labute approximate surface area is 120 Å². The summed E-state index contributed by atoms with van der Waals surface area (Å²) in [5.41, 5.74) is 0.319. The summed E-state index contributed by atoms with van der Waals surface area (Å²) in [6.07, 6.45) is -2.94. The third-order valence-electron chi connectivity index (χ3n) is 2.85. The minimum Gasteiger partial charge on any atom is -0.166 e. The van der Waals surface area contributed by atoms with Crippen molar-refractivity contribution in [1.29, 1.82) is 0 Å². The van der Waals surface area contributed by atoms with Crippen LogP contribution in [0.3, 0.4) is 0 Å². The maximum Gasteiger partial charge on any atom is 0.416 e. The number of rotatable bonds is 3. The van der Waals surface area contributed by atoms with Crippen LogP contribution in [0.25, 0.3) is 5.57 Å². The number of hydrogen-bond acceptors (Lipinski definition) is 0. The lowest BCUT2D eigenvalue weighted by Gasteiger charge is -2.12. The van der Waals surface area contributed by atoms with Crippen molar-refractivity contribution in [2.24, 2.45) is 0 Å². The fourth-order valence-electron chi connectivity index (χ4n) is 1.86. The van der Waals surface area contributed by atoms with Crippen molar-refractivity contribution in [3.63, 3.8) is 0 Å². The van der Waals surface area contributed by atoms with E-state index in [1.54, 1.807) is 24.3 Å². The average Bonchev–Trinajstić information content (AvgIpc) is 2.41. The van der Waals surface area contributed by atoms with E-state index in [0.717, 1.165) is 5.56 Å². The van der Waals surface area contributed by atoms with Crippen molar-refractivity contribution >= 4 is 17.2 Å². The highest BCUT2D eigenvalue weighted by Crippen LogP contribution is 2.34. The second kappa shape index (κ2) is 6.14. The molecule has 2 rings (SSSR count). The molecule has 0 amide bonds. The first-order chi connectivity index (χ1) is 9.47. The highest BCUT2D eigenvalue weighted by molar-refractivity contribution is 6.30. The zero-order valence-electron chi connectivity index (χ0n) is 10.5. The molecule has 0 radical (unpaired) electrons. The summed E-state index contributed by atoms with van der Waals surface area (Å²) in [6.45, 7) is 0. The monoisotopic (exact) mass is 296 g/mol. The van der Waals surface area contributed by atoms with Gasteiger partial charge < -0.3 is 0 Å². The molecule has 0 unspecified atom stereocenters. The fourth-order valence-corrected chi connectivity index (χ4v) is 1.99. The zero-order valence-corrected chi connectivity index (χ0v) is 11.2. The minimum atomic E-state index is -4.39. The Morgan fingerprint density at radius 3 is 2.10 bits per heavy atom. The smallest absolute Gasteiger partial charge is 0.166 e. The molecule has 0 aliphatic carbocycles. The molecule has 0 saturated heterocycles. The van der Waals surface area contributed by atoms with Gasteiger partial charge in [0.05, 0.1) is 5.57 Å². The van der Waals surface area contributed by atoms with Crippen LogP contribution in [0.4, 0.5) is 13.2 Å². The molecule has 4 heteroatoms. The van der Waals surface area contributed by atoms with Crippen LogP contribution in [0.15, 0.2) is 60.7 Å². The molecular formula is C16H12ClF3. The highest BCUT2D eigenvalue weighted by Gasteiger charge is 2.34. The number of halogens is 4. The van der Waals surface area contributed by atoms with Crippen molar-refractivity contribution in [2.75, 3.05) is 0 Å². The Hall–Kier alpha value is -1.74. The van der Waals surface area contributed by atoms with Crippen LogP contribution in [0, 0.1) is 0 Å². The standard InChI is InChI=1S/C16H12ClF3/c17-14-9-7-13(8-10-14)15(16(18,19)20)11-6-12-4-2-1-3-5-12/h1-5,7-11H,6H2/b15-11+. The van der Waals surface area contributed by atoms with Crippen LogP contribution in [0.1, 0.15) is 11.1 Å². The molecule has 0 atom stereocenters. The van der Waals surface area contributed by atoms with Gasteiger partial charge in [-0.3, -0.25) is 0 Å². The van der Waals surface area contributed by atoms with Crippen LogP contribution in [0.5, 0.6) is 0 Å². The Morgan fingerprint density at radius 1 is 0.950 bits per heavy atom. The van der Waals surface area contributed by atoms with E-state index in [1.165, 1.54) is 30.3 Å². The molecule has 0 heterocycles. The number of allylic oxidation sites excluding steroid dienone is 2. The Morgan fingerprint density at radius 2 is 1.55 bits per heavy atom. The fraction of sp³-hybridized carbons (Fsp3) is 0.125. The van der Waals surface area contributed by atoms with Gasteiger partial charge in [0.2, 0.25) is 0 Å². The molecule has 0 aliphatic rings. The number of alkyl halides is 3. The molecule has 0 fully saturated rings. The zero-order chi connectivity index (χ0) is 14.6.